The fourth-order valence-electron chi connectivity index (χ4n) is 2.81. The molecule has 0 bridgehead atoms. The number of rotatable bonds is 3. The quantitative estimate of drug-likeness (QED) is 0.855. The van der Waals surface area contributed by atoms with Crippen LogP contribution in [0.1, 0.15) is 17.0 Å². The first-order valence-corrected chi connectivity index (χ1v) is 6.70. The molecule has 3 rings (SSSR count). The van der Waals surface area contributed by atoms with E-state index in [1.165, 1.54) is 0 Å². The first-order chi connectivity index (χ1) is 9.70. The summed E-state index contributed by atoms with van der Waals surface area (Å²) in [6, 6.07) is 15.9. The van der Waals surface area contributed by atoms with Gasteiger partial charge in [-0.05, 0) is 35.7 Å². The highest BCUT2D eigenvalue weighted by Crippen LogP contribution is 2.38. The lowest BCUT2D eigenvalue weighted by Gasteiger charge is -2.11. The van der Waals surface area contributed by atoms with Crippen molar-refractivity contribution >= 4 is 11.6 Å². The number of benzene rings is 2. The van der Waals surface area contributed by atoms with E-state index in [1.807, 2.05) is 55.6 Å². The molecule has 1 unspecified atom stereocenters. The minimum absolute atomic E-state index is 0.0942. The molecule has 0 aliphatic carbocycles. The molecule has 0 radical (unpaired) electrons. The zero-order valence-corrected chi connectivity index (χ0v) is 11.7. The average Bonchev–Trinajstić information content (AvgIpc) is 2.73. The lowest BCUT2D eigenvalue weighted by molar-refractivity contribution is -0.119. The summed E-state index contributed by atoms with van der Waals surface area (Å²) < 4.78 is 5.24. The molecule has 3 heteroatoms. The summed E-state index contributed by atoms with van der Waals surface area (Å²) >= 11 is 0. The Labute approximate surface area is 118 Å². The summed E-state index contributed by atoms with van der Waals surface area (Å²) in [6.45, 7) is 0. The molecule has 1 heterocycles. The maximum absolute atomic E-state index is 12.4. The van der Waals surface area contributed by atoms with Gasteiger partial charge >= 0.3 is 0 Å². The predicted molar refractivity (Wildman–Crippen MR) is 79.3 cm³/mol. The number of fused-ring (bicyclic) bond motifs is 1. The monoisotopic (exact) mass is 267 g/mol. The van der Waals surface area contributed by atoms with Crippen molar-refractivity contribution in [2.75, 3.05) is 19.1 Å². The first-order valence-electron chi connectivity index (χ1n) is 6.70. The number of hydrogen-bond acceptors (Lipinski definition) is 2. The summed E-state index contributed by atoms with van der Waals surface area (Å²) in [5, 5.41) is 0. The normalized spacial score (nSPS) is 17.2. The van der Waals surface area contributed by atoms with Crippen LogP contribution >= 0.6 is 0 Å². The third-order valence-corrected chi connectivity index (χ3v) is 3.88. The van der Waals surface area contributed by atoms with E-state index in [-0.39, 0.29) is 11.8 Å². The smallest absolute Gasteiger partial charge is 0.234 e. The van der Waals surface area contributed by atoms with Gasteiger partial charge in [-0.3, -0.25) is 4.79 Å². The maximum Gasteiger partial charge on any atom is 0.234 e. The summed E-state index contributed by atoms with van der Waals surface area (Å²) in [4.78, 5) is 14.2. The third-order valence-electron chi connectivity index (χ3n) is 3.88. The predicted octanol–water partition coefficient (Wildman–Crippen LogP) is 3.00. The number of methoxy groups -OCH3 is 1. The molecule has 0 aromatic heterocycles. The van der Waals surface area contributed by atoms with E-state index in [1.54, 1.807) is 12.0 Å². The molecule has 0 spiro atoms. The molecule has 20 heavy (non-hydrogen) atoms. The van der Waals surface area contributed by atoms with Gasteiger partial charge in [0.1, 0.15) is 5.75 Å². The fraction of sp³-hybridized carbons (Fsp3) is 0.235. The molecule has 0 fully saturated rings. The van der Waals surface area contributed by atoms with Crippen molar-refractivity contribution in [3.63, 3.8) is 0 Å². The standard InChI is InChI=1S/C17H17NO2/c1-18-16-9-4-3-8-14(16)15(17(18)19)11-12-6-5-7-13(10-12)20-2/h3-10,15H,11H2,1-2H3. The van der Waals surface area contributed by atoms with Gasteiger partial charge in [-0.2, -0.15) is 0 Å². The van der Waals surface area contributed by atoms with Gasteiger partial charge in [0, 0.05) is 12.7 Å². The van der Waals surface area contributed by atoms with Gasteiger partial charge in [0.15, 0.2) is 0 Å². The van der Waals surface area contributed by atoms with Crippen molar-refractivity contribution in [2.24, 2.45) is 0 Å². The Morgan fingerprint density at radius 2 is 1.95 bits per heavy atom. The minimum atomic E-state index is -0.0942. The Morgan fingerprint density at radius 3 is 2.75 bits per heavy atom. The molecule has 1 amide bonds. The Hall–Kier alpha value is -2.29. The number of hydrogen-bond donors (Lipinski definition) is 0. The topological polar surface area (TPSA) is 29.5 Å². The zero-order valence-electron chi connectivity index (χ0n) is 11.7. The number of ether oxygens (including phenoxy) is 1. The van der Waals surface area contributed by atoms with Crippen molar-refractivity contribution in [1.82, 2.24) is 0 Å². The number of nitrogens with zero attached hydrogens (tertiary/aromatic N) is 1. The second-order valence-electron chi connectivity index (χ2n) is 5.06. The van der Waals surface area contributed by atoms with Crippen LogP contribution in [0.15, 0.2) is 48.5 Å². The van der Waals surface area contributed by atoms with Gasteiger partial charge in [0.05, 0.1) is 13.0 Å². The van der Waals surface area contributed by atoms with Crippen LogP contribution in [0.4, 0.5) is 5.69 Å². The van der Waals surface area contributed by atoms with E-state index in [9.17, 15) is 4.79 Å². The molecular formula is C17H17NO2. The van der Waals surface area contributed by atoms with Gasteiger partial charge in [-0.15, -0.1) is 0 Å². The molecule has 0 saturated carbocycles. The highest BCUT2D eigenvalue weighted by Gasteiger charge is 2.34. The van der Waals surface area contributed by atoms with E-state index in [2.05, 4.69) is 0 Å². The molecule has 1 aliphatic rings. The van der Waals surface area contributed by atoms with Crippen molar-refractivity contribution in [3.8, 4) is 5.75 Å². The van der Waals surface area contributed by atoms with E-state index in [4.69, 9.17) is 4.74 Å². The van der Waals surface area contributed by atoms with E-state index >= 15 is 0 Å². The fourth-order valence-corrected chi connectivity index (χ4v) is 2.81. The minimum Gasteiger partial charge on any atom is -0.497 e. The Kier molecular flexibility index (Phi) is 3.18. The highest BCUT2D eigenvalue weighted by molar-refractivity contribution is 6.04. The molecule has 2 aromatic carbocycles. The van der Waals surface area contributed by atoms with E-state index in [0.717, 1.165) is 22.6 Å². The van der Waals surface area contributed by atoms with Crippen LogP contribution in [0, 0.1) is 0 Å². The molecule has 102 valence electrons. The summed E-state index contributed by atoms with van der Waals surface area (Å²) in [5.41, 5.74) is 3.25. The number of para-hydroxylation sites is 1. The molecule has 2 aromatic rings. The number of amides is 1. The zero-order chi connectivity index (χ0) is 14.1. The Balaban J connectivity index is 1.93. The molecule has 0 saturated heterocycles. The average molecular weight is 267 g/mol. The van der Waals surface area contributed by atoms with Gasteiger partial charge in [-0.1, -0.05) is 30.3 Å². The maximum atomic E-state index is 12.4. The molecule has 1 aliphatic heterocycles. The summed E-state index contributed by atoms with van der Waals surface area (Å²) in [7, 11) is 3.50. The van der Waals surface area contributed by atoms with Crippen molar-refractivity contribution in [3.05, 3.63) is 59.7 Å². The van der Waals surface area contributed by atoms with Crippen LogP contribution in [0.3, 0.4) is 0 Å². The van der Waals surface area contributed by atoms with Gasteiger partial charge in [-0.25, -0.2) is 0 Å². The van der Waals surface area contributed by atoms with Crippen molar-refractivity contribution in [2.45, 2.75) is 12.3 Å². The van der Waals surface area contributed by atoms with Crippen LogP contribution in [0.25, 0.3) is 0 Å². The van der Waals surface area contributed by atoms with Gasteiger partial charge in [0.2, 0.25) is 5.91 Å². The van der Waals surface area contributed by atoms with Gasteiger partial charge in [0.25, 0.3) is 0 Å². The molecule has 0 N–H and O–H groups in total. The number of anilines is 1. The Bertz CT molecular complexity index is 651. The highest BCUT2D eigenvalue weighted by atomic mass is 16.5. The second-order valence-corrected chi connectivity index (χ2v) is 5.06. The Morgan fingerprint density at radius 1 is 1.15 bits per heavy atom. The van der Waals surface area contributed by atoms with E-state index in [0.29, 0.717) is 6.42 Å². The molecular weight excluding hydrogens is 250 g/mol. The number of likely N-dealkylation sites (N-methyl/N-ethyl adjacent to an activating group) is 1. The van der Waals surface area contributed by atoms with Crippen LogP contribution < -0.4 is 9.64 Å². The van der Waals surface area contributed by atoms with Gasteiger partial charge < -0.3 is 9.64 Å². The van der Waals surface area contributed by atoms with Crippen molar-refractivity contribution in [1.29, 1.82) is 0 Å². The molecule has 1 atom stereocenters. The van der Waals surface area contributed by atoms with Crippen LogP contribution in [0.5, 0.6) is 5.75 Å². The largest absolute Gasteiger partial charge is 0.497 e. The van der Waals surface area contributed by atoms with Crippen LogP contribution in [0.2, 0.25) is 0 Å². The van der Waals surface area contributed by atoms with Crippen LogP contribution in [-0.4, -0.2) is 20.1 Å². The first kappa shape index (κ1) is 12.7. The van der Waals surface area contributed by atoms with E-state index < -0.39 is 0 Å². The third kappa shape index (κ3) is 2.05. The lowest BCUT2D eigenvalue weighted by Crippen LogP contribution is -2.24. The van der Waals surface area contributed by atoms with Crippen molar-refractivity contribution < 1.29 is 9.53 Å². The summed E-state index contributed by atoms with van der Waals surface area (Å²) in [5.74, 6) is 0.895. The second kappa shape index (κ2) is 5.00. The SMILES string of the molecule is COc1cccc(CC2C(=O)N(C)c3ccccc32)c1. The van der Waals surface area contributed by atoms with Crippen LogP contribution in [-0.2, 0) is 11.2 Å². The lowest BCUT2D eigenvalue weighted by atomic mass is 9.93. The number of carbonyl (C=O) groups excluding carboxylic acids is 1. The number of carbonyl (C=O) groups is 1. The summed E-state index contributed by atoms with van der Waals surface area (Å²) in [6.07, 6.45) is 0.706. The molecule has 3 nitrogen and oxygen atoms in total.